The Labute approximate surface area is 134 Å². The van der Waals surface area contributed by atoms with Crippen molar-refractivity contribution in [1.82, 2.24) is 10.3 Å². The van der Waals surface area contributed by atoms with E-state index < -0.39 is 5.82 Å². The predicted octanol–water partition coefficient (Wildman–Crippen LogP) is 3.32. The zero-order valence-electron chi connectivity index (χ0n) is 11.4. The van der Waals surface area contributed by atoms with E-state index in [1.807, 2.05) is 0 Å². The molecule has 2 aromatic rings. The Morgan fingerprint density at radius 3 is 3.00 bits per heavy atom. The number of halogens is 2. The highest BCUT2D eigenvalue weighted by Gasteiger charge is 2.34. The first-order chi connectivity index (χ1) is 10.6. The molecule has 114 valence electrons. The summed E-state index contributed by atoms with van der Waals surface area (Å²) in [5.41, 5.74) is 1.08. The number of nitrogens with one attached hydrogen (secondary N) is 1. The molecular weight excluding hydrogens is 355 g/mol. The molecule has 0 saturated heterocycles. The lowest BCUT2D eigenvalue weighted by Gasteiger charge is -2.11. The quantitative estimate of drug-likeness (QED) is 0.904. The van der Waals surface area contributed by atoms with Gasteiger partial charge in [0.05, 0.1) is 10.5 Å². The van der Waals surface area contributed by atoms with Crippen LogP contribution in [0.5, 0.6) is 5.75 Å². The fourth-order valence-corrected chi connectivity index (χ4v) is 2.97. The molecular formula is C15H12BrFN2O3. The second-order valence-electron chi connectivity index (χ2n) is 5.48. The van der Waals surface area contributed by atoms with Gasteiger partial charge in [0.2, 0.25) is 0 Å². The minimum absolute atomic E-state index is 0.271. The van der Waals surface area contributed by atoms with Gasteiger partial charge in [-0.2, -0.15) is 0 Å². The van der Waals surface area contributed by atoms with E-state index in [-0.39, 0.29) is 18.6 Å². The predicted molar refractivity (Wildman–Crippen MR) is 78.3 cm³/mol. The molecule has 7 heteroatoms. The van der Waals surface area contributed by atoms with E-state index in [0.717, 1.165) is 18.4 Å². The molecule has 22 heavy (non-hydrogen) atoms. The van der Waals surface area contributed by atoms with Crippen LogP contribution in [-0.2, 0) is 0 Å². The van der Waals surface area contributed by atoms with Gasteiger partial charge in [-0.3, -0.25) is 4.79 Å². The molecule has 0 spiro atoms. The number of hydrogen-bond donors (Lipinski definition) is 1. The maximum atomic E-state index is 13.5. The summed E-state index contributed by atoms with van der Waals surface area (Å²) in [6, 6.07) is 2.62. The first-order valence-corrected chi connectivity index (χ1v) is 7.78. The number of nitrogens with zero attached hydrogens (tertiary/aromatic N) is 1. The second-order valence-corrected chi connectivity index (χ2v) is 6.34. The number of fused-ring (bicyclic) bond motifs is 1. The lowest BCUT2D eigenvalue weighted by molar-refractivity contribution is 0.0924. The minimum Gasteiger partial charge on any atom is -0.491 e. The average molecular weight is 367 g/mol. The topological polar surface area (TPSA) is 64.4 Å². The summed E-state index contributed by atoms with van der Waals surface area (Å²) in [5, 5.41) is 2.88. The van der Waals surface area contributed by atoms with Crippen LogP contribution < -0.4 is 10.1 Å². The van der Waals surface area contributed by atoms with Crippen molar-refractivity contribution in [2.45, 2.75) is 24.8 Å². The van der Waals surface area contributed by atoms with Gasteiger partial charge in [0.15, 0.2) is 12.1 Å². The van der Waals surface area contributed by atoms with Gasteiger partial charge in [0.1, 0.15) is 23.9 Å². The number of carbonyl (C=O) groups excluding carboxylic acids is 1. The SMILES string of the molecule is O=C(N[C@H]1COc2cc(F)c(Br)cc21)c1ncoc1C1CC1. The van der Waals surface area contributed by atoms with E-state index in [1.54, 1.807) is 6.07 Å². The van der Waals surface area contributed by atoms with Crippen molar-refractivity contribution < 1.29 is 18.3 Å². The maximum Gasteiger partial charge on any atom is 0.274 e. The Kier molecular flexibility index (Phi) is 3.18. The van der Waals surface area contributed by atoms with E-state index in [0.29, 0.717) is 27.6 Å². The summed E-state index contributed by atoms with van der Waals surface area (Å²) >= 11 is 3.15. The van der Waals surface area contributed by atoms with Gasteiger partial charge in [0, 0.05) is 17.5 Å². The van der Waals surface area contributed by atoms with Crippen LogP contribution in [0, 0.1) is 5.82 Å². The average Bonchev–Trinajstić information content (AvgIpc) is 3.10. The first-order valence-electron chi connectivity index (χ1n) is 6.99. The number of aromatic nitrogens is 1. The molecule has 0 unspecified atom stereocenters. The summed E-state index contributed by atoms with van der Waals surface area (Å²) in [7, 11) is 0. The normalized spacial score (nSPS) is 19.6. The smallest absolute Gasteiger partial charge is 0.274 e. The molecule has 5 nitrogen and oxygen atoms in total. The molecule has 1 atom stereocenters. The Morgan fingerprint density at radius 2 is 2.23 bits per heavy atom. The lowest BCUT2D eigenvalue weighted by Crippen LogP contribution is -2.30. The number of rotatable bonds is 3. The molecule has 0 bridgehead atoms. The van der Waals surface area contributed by atoms with Gasteiger partial charge in [-0.1, -0.05) is 0 Å². The van der Waals surface area contributed by atoms with Crippen LogP contribution in [0.3, 0.4) is 0 Å². The van der Waals surface area contributed by atoms with Crippen molar-refractivity contribution >= 4 is 21.8 Å². The van der Waals surface area contributed by atoms with Gasteiger partial charge in [-0.15, -0.1) is 0 Å². The summed E-state index contributed by atoms with van der Waals surface area (Å²) in [6.07, 6.45) is 3.35. The second kappa shape index (κ2) is 5.08. The lowest BCUT2D eigenvalue weighted by atomic mass is 10.1. The number of hydrogen-bond acceptors (Lipinski definition) is 4. The van der Waals surface area contributed by atoms with Crippen molar-refractivity contribution in [2.24, 2.45) is 0 Å². The highest BCUT2D eigenvalue weighted by Crippen LogP contribution is 2.42. The molecule has 1 saturated carbocycles. The summed E-state index contributed by atoms with van der Waals surface area (Å²) in [4.78, 5) is 16.4. The monoisotopic (exact) mass is 366 g/mol. The third-order valence-electron chi connectivity index (χ3n) is 3.90. The minimum atomic E-state index is -0.391. The Bertz CT molecular complexity index is 757. The van der Waals surface area contributed by atoms with Gasteiger partial charge in [-0.25, -0.2) is 9.37 Å². The summed E-state index contributed by atoms with van der Waals surface area (Å²) in [5.74, 6) is 0.722. The summed E-state index contributed by atoms with van der Waals surface area (Å²) in [6.45, 7) is 0.271. The van der Waals surface area contributed by atoms with Crippen LogP contribution >= 0.6 is 15.9 Å². The Hall–Kier alpha value is -1.89. The van der Waals surface area contributed by atoms with Crippen LogP contribution in [0.1, 0.15) is 46.6 Å². The molecule has 1 aromatic carbocycles. The third-order valence-corrected chi connectivity index (χ3v) is 4.50. The van der Waals surface area contributed by atoms with Crippen LogP contribution in [-0.4, -0.2) is 17.5 Å². The fourth-order valence-electron chi connectivity index (χ4n) is 2.61. The van der Waals surface area contributed by atoms with E-state index in [9.17, 15) is 9.18 Å². The fraction of sp³-hybridized carbons (Fsp3) is 0.333. The molecule has 2 aliphatic rings. The maximum absolute atomic E-state index is 13.5. The zero-order chi connectivity index (χ0) is 15.3. The molecule has 0 radical (unpaired) electrons. The summed E-state index contributed by atoms with van der Waals surface area (Å²) < 4.78 is 24.6. The molecule has 1 fully saturated rings. The van der Waals surface area contributed by atoms with E-state index in [1.165, 1.54) is 12.5 Å². The van der Waals surface area contributed by atoms with Gasteiger partial charge in [-0.05, 0) is 34.8 Å². The molecule has 4 rings (SSSR count). The highest BCUT2D eigenvalue weighted by atomic mass is 79.9. The molecule has 1 amide bonds. The van der Waals surface area contributed by atoms with Crippen molar-refractivity contribution in [3.05, 3.63) is 45.8 Å². The number of ether oxygens (including phenoxy) is 1. The molecule has 2 heterocycles. The number of benzene rings is 1. The van der Waals surface area contributed by atoms with E-state index in [4.69, 9.17) is 9.15 Å². The molecule has 1 aromatic heterocycles. The number of oxazole rings is 1. The van der Waals surface area contributed by atoms with Crippen LogP contribution in [0.25, 0.3) is 0 Å². The van der Waals surface area contributed by atoms with Crippen LogP contribution in [0.15, 0.2) is 27.4 Å². The van der Waals surface area contributed by atoms with Crippen molar-refractivity contribution in [2.75, 3.05) is 6.61 Å². The largest absolute Gasteiger partial charge is 0.491 e. The molecule has 1 N–H and O–H groups in total. The number of amides is 1. The Morgan fingerprint density at radius 1 is 1.41 bits per heavy atom. The zero-order valence-corrected chi connectivity index (χ0v) is 13.0. The van der Waals surface area contributed by atoms with Crippen LogP contribution in [0.2, 0.25) is 0 Å². The van der Waals surface area contributed by atoms with E-state index >= 15 is 0 Å². The third kappa shape index (κ3) is 2.29. The standard InChI is InChI=1S/C15H12BrFN2O3/c16-9-3-8-11(5-21-12(8)4-10(9)17)19-15(20)13-14(7-1-2-7)22-6-18-13/h3-4,6-7,11H,1-2,5H2,(H,19,20)/t11-/m0/s1. The first kappa shape index (κ1) is 13.8. The number of carbonyl (C=O) groups is 1. The molecule has 1 aliphatic carbocycles. The highest BCUT2D eigenvalue weighted by molar-refractivity contribution is 9.10. The van der Waals surface area contributed by atoms with Crippen LogP contribution in [0.4, 0.5) is 4.39 Å². The van der Waals surface area contributed by atoms with E-state index in [2.05, 4.69) is 26.2 Å². The molecule has 1 aliphatic heterocycles. The van der Waals surface area contributed by atoms with Gasteiger partial charge in [0.25, 0.3) is 5.91 Å². The van der Waals surface area contributed by atoms with Crippen molar-refractivity contribution in [1.29, 1.82) is 0 Å². The van der Waals surface area contributed by atoms with Gasteiger partial charge < -0.3 is 14.5 Å². The Balaban J connectivity index is 1.57. The van der Waals surface area contributed by atoms with Crippen molar-refractivity contribution in [3.63, 3.8) is 0 Å². The van der Waals surface area contributed by atoms with Crippen molar-refractivity contribution in [3.8, 4) is 5.75 Å². The van der Waals surface area contributed by atoms with Gasteiger partial charge >= 0.3 is 0 Å².